The molecule has 0 saturated carbocycles. The SMILES string of the molecule is N[C@H](CNc1nc(C=CC2=CCCC2)c(C2C=Cc3cnccc3C2)s1)Cc1ccc(C(F)(F)F)cc1. The van der Waals surface area contributed by atoms with Crippen LogP contribution in [0.1, 0.15) is 58.0 Å². The summed E-state index contributed by atoms with van der Waals surface area (Å²) in [6.07, 6.45) is 15.1. The number of nitrogens with zero attached hydrogens (tertiary/aromatic N) is 2. The van der Waals surface area contributed by atoms with Gasteiger partial charge in [-0.2, -0.15) is 13.2 Å². The van der Waals surface area contributed by atoms with Crippen LogP contribution in [0.5, 0.6) is 0 Å². The lowest BCUT2D eigenvalue weighted by Gasteiger charge is -2.18. The minimum absolute atomic E-state index is 0.223. The van der Waals surface area contributed by atoms with Crippen molar-refractivity contribution in [3.05, 3.63) is 99.4 Å². The molecule has 0 radical (unpaired) electrons. The van der Waals surface area contributed by atoms with Gasteiger partial charge >= 0.3 is 6.18 Å². The van der Waals surface area contributed by atoms with E-state index >= 15 is 0 Å². The number of anilines is 1. The Morgan fingerprint density at radius 2 is 2.00 bits per heavy atom. The van der Waals surface area contributed by atoms with E-state index in [1.165, 1.54) is 34.6 Å². The molecule has 5 rings (SSSR count). The third-order valence-electron chi connectivity index (χ3n) is 6.74. The molecule has 1 unspecified atom stereocenters. The number of pyridine rings is 1. The third-order valence-corrected chi connectivity index (χ3v) is 7.90. The van der Waals surface area contributed by atoms with Gasteiger partial charge in [-0.1, -0.05) is 42.0 Å². The predicted octanol–water partition coefficient (Wildman–Crippen LogP) is 7.02. The molecular formula is C29H29F3N4S. The average Bonchev–Trinajstić information content (AvgIpc) is 3.56. The van der Waals surface area contributed by atoms with Crippen LogP contribution in [-0.2, 0) is 19.0 Å². The van der Waals surface area contributed by atoms with E-state index in [2.05, 4.69) is 46.7 Å². The first-order valence-electron chi connectivity index (χ1n) is 12.5. The van der Waals surface area contributed by atoms with Crippen LogP contribution in [-0.4, -0.2) is 22.6 Å². The van der Waals surface area contributed by atoms with Crippen LogP contribution < -0.4 is 11.1 Å². The number of thiazole rings is 1. The number of allylic oxidation sites excluding steroid dienone is 4. The quantitative estimate of drug-likeness (QED) is 0.334. The Balaban J connectivity index is 1.28. The van der Waals surface area contributed by atoms with Crippen molar-refractivity contribution in [2.24, 2.45) is 5.73 Å². The minimum atomic E-state index is -4.34. The Morgan fingerprint density at radius 3 is 2.76 bits per heavy atom. The van der Waals surface area contributed by atoms with Crippen molar-refractivity contribution in [3.63, 3.8) is 0 Å². The lowest BCUT2D eigenvalue weighted by molar-refractivity contribution is -0.137. The highest BCUT2D eigenvalue weighted by Gasteiger charge is 2.30. The second-order valence-electron chi connectivity index (χ2n) is 9.56. The maximum absolute atomic E-state index is 12.8. The van der Waals surface area contributed by atoms with Crippen molar-refractivity contribution in [1.82, 2.24) is 9.97 Å². The lowest BCUT2D eigenvalue weighted by atomic mass is 9.89. The molecule has 3 aromatic rings. The van der Waals surface area contributed by atoms with Gasteiger partial charge in [-0.05, 0) is 73.1 Å². The van der Waals surface area contributed by atoms with Gasteiger partial charge in [0, 0.05) is 35.8 Å². The molecular weight excluding hydrogens is 493 g/mol. The van der Waals surface area contributed by atoms with E-state index in [0.29, 0.717) is 13.0 Å². The van der Waals surface area contributed by atoms with Gasteiger partial charge in [-0.15, -0.1) is 11.3 Å². The van der Waals surface area contributed by atoms with Gasteiger partial charge in [0.1, 0.15) is 0 Å². The maximum atomic E-state index is 12.8. The van der Waals surface area contributed by atoms with Crippen LogP contribution in [0.4, 0.5) is 18.3 Å². The van der Waals surface area contributed by atoms with E-state index in [4.69, 9.17) is 10.7 Å². The molecule has 2 heterocycles. The van der Waals surface area contributed by atoms with Crippen LogP contribution in [0, 0.1) is 0 Å². The van der Waals surface area contributed by atoms with Gasteiger partial charge in [0.05, 0.1) is 11.3 Å². The Bertz CT molecular complexity index is 1320. The molecule has 37 heavy (non-hydrogen) atoms. The molecule has 2 aromatic heterocycles. The Morgan fingerprint density at radius 1 is 1.16 bits per heavy atom. The molecule has 0 bridgehead atoms. The lowest BCUT2D eigenvalue weighted by Crippen LogP contribution is -2.31. The summed E-state index contributed by atoms with van der Waals surface area (Å²) in [7, 11) is 0. The van der Waals surface area contributed by atoms with Gasteiger partial charge in [0.15, 0.2) is 5.13 Å². The highest BCUT2D eigenvalue weighted by molar-refractivity contribution is 7.15. The van der Waals surface area contributed by atoms with Gasteiger partial charge in [-0.3, -0.25) is 4.98 Å². The summed E-state index contributed by atoms with van der Waals surface area (Å²) in [5.74, 6) is 0.223. The predicted molar refractivity (Wildman–Crippen MR) is 144 cm³/mol. The number of benzene rings is 1. The number of nitrogens with one attached hydrogen (secondary N) is 1. The summed E-state index contributed by atoms with van der Waals surface area (Å²) in [5, 5.41) is 4.17. The second-order valence-corrected chi connectivity index (χ2v) is 10.6. The summed E-state index contributed by atoms with van der Waals surface area (Å²) < 4.78 is 38.5. The Kier molecular flexibility index (Phi) is 7.58. The normalized spacial score (nSPS) is 18.2. The van der Waals surface area contributed by atoms with Crippen LogP contribution in [0.15, 0.2) is 66.5 Å². The fourth-order valence-corrected chi connectivity index (χ4v) is 5.78. The molecule has 0 spiro atoms. The van der Waals surface area contributed by atoms with Crippen LogP contribution in [0.2, 0.25) is 0 Å². The number of rotatable bonds is 8. The maximum Gasteiger partial charge on any atom is 0.416 e. The topological polar surface area (TPSA) is 63.8 Å². The van der Waals surface area contributed by atoms with E-state index in [1.807, 2.05) is 12.4 Å². The standard InChI is InChI=1S/C29H29F3N4S/c30-29(31,32)24-10-5-20(6-11-24)15-25(33)18-35-28-36-26(12-7-19-3-1-2-4-19)27(37-28)22-8-9-23-17-34-14-13-21(23)16-22/h3,5-14,17,22,25H,1-2,4,15-16,18,33H2,(H,35,36)/t22?,25-/m0/s1. The summed E-state index contributed by atoms with van der Waals surface area (Å²) in [4.78, 5) is 10.3. The second kappa shape index (κ2) is 11.0. The van der Waals surface area contributed by atoms with Crippen molar-refractivity contribution in [3.8, 4) is 0 Å². The van der Waals surface area contributed by atoms with E-state index in [1.54, 1.807) is 11.3 Å². The smallest absolute Gasteiger partial charge is 0.360 e. The Labute approximate surface area is 218 Å². The molecule has 2 atom stereocenters. The number of hydrogen-bond acceptors (Lipinski definition) is 5. The molecule has 0 fully saturated rings. The van der Waals surface area contributed by atoms with Crippen molar-refractivity contribution in [2.75, 3.05) is 11.9 Å². The fraction of sp³-hybridized carbons (Fsp3) is 0.310. The summed E-state index contributed by atoms with van der Waals surface area (Å²) in [5.41, 5.74) is 11.2. The third kappa shape index (κ3) is 6.37. The molecule has 0 saturated heterocycles. The number of aromatic nitrogens is 2. The van der Waals surface area contributed by atoms with Crippen molar-refractivity contribution in [1.29, 1.82) is 0 Å². The van der Waals surface area contributed by atoms with E-state index in [0.717, 1.165) is 53.3 Å². The first kappa shape index (κ1) is 25.4. The summed E-state index contributed by atoms with van der Waals surface area (Å²) >= 11 is 1.64. The minimum Gasteiger partial charge on any atom is -0.360 e. The number of alkyl halides is 3. The van der Waals surface area contributed by atoms with Crippen molar-refractivity contribution in [2.45, 2.75) is 50.2 Å². The van der Waals surface area contributed by atoms with Gasteiger partial charge in [0.2, 0.25) is 0 Å². The zero-order chi connectivity index (χ0) is 25.8. The molecule has 0 aliphatic heterocycles. The van der Waals surface area contributed by atoms with E-state index in [-0.39, 0.29) is 12.0 Å². The molecule has 8 heteroatoms. The van der Waals surface area contributed by atoms with Gasteiger partial charge in [0.25, 0.3) is 0 Å². The molecule has 2 aliphatic carbocycles. The zero-order valence-electron chi connectivity index (χ0n) is 20.3. The molecule has 3 N–H and O–H groups in total. The monoisotopic (exact) mass is 522 g/mol. The summed E-state index contributed by atoms with van der Waals surface area (Å²) in [6, 6.07) is 7.01. The van der Waals surface area contributed by atoms with Gasteiger partial charge < -0.3 is 11.1 Å². The molecule has 0 amide bonds. The van der Waals surface area contributed by atoms with E-state index < -0.39 is 11.7 Å². The van der Waals surface area contributed by atoms with Crippen molar-refractivity contribution >= 4 is 28.6 Å². The fourth-order valence-electron chi connectivity index (χ4n) is 4.74. The number of halogens is 3. The molecule has 2 aliphatic rings. The molecule has 1 aromatic carbocycles. The zero-order valence-corrected chi connectivity index (χ0v) is 21.2. The van der Waals surface area contributed by atoms with Gasteiger partial charge in [-0.25, -0.2) is 4.98 Å². The highest BCUT2D eigenvalue weighted by Crippen LogP contribution is 2.37. The number of hydrogen-bond donors (Lipinski definition) is 2. The van der Waals surface area contributed by atoms with Crippen LogP contribution >= 0.6 is 11.3 Å². The van der Waals surface area contributed by atoms with Crippen LogP contribution in [0.25, 0.3) is 12.2 Å². The average molecular weight is 523 g/mol. The van der Waals surface area contributed by atoms with E-state index in [9.17, 15) is 13.2 Å². The molecule has 192 valence electrons. The van der Waals surface area contributed by atoms with Crippen LogP contribution in [0.3, 0.4) is 0 Å². The first-order valence-corrected chi connectivity index (χ1v) is 13.3. The Hall–Kier alpha value is -3.23. The largest absolute Gasteiger partial charge is 0.416 e. The first-order chi connectivity index (χ1) is 17.8. The number of fused-ring (bicyclic) bond motifs is 1. The summed E-state index contributed by atoms with van der Waals surface area (Å²) in [6.45, 7) is 0.470. The number of nitrogens with two attached hydrogens (primary N) is 1. The van der Waals surface area contributed by atoms with Crippen molar-refractivity contribution < 1.29 is 13.2 Å². The highest BCUT2D eigenvalue weighted by atomic mass is 32.1. The molecule has 4 nitrogen and oxygen atoms in total.